The molecule has 0 unspecified atom stereocenters. The molecule has 1 aliphatic rings. The second-order valence-electron chi connectivity index (χ2n) is 4.93. The summed E-state index contributed by atoms with van der Waals surface area (Å²) in [4.78, 5) is 25.4. The highest BCUT2D eigenvalue weighted by Crippen LogP contribution is 2.26. The van der Waals surface area contributed by atoms with Crippen LogP contribution in [0.2, 0.25) is 0 Å². The van der Waals surface area contributed by atoms with Gasteiger partial charge in [0.2, 0.25) is 5.91 Å². The summed E-state index contributed by atoms with van der Waals surface area (Å²) in [5, 5.41) is 3.48. The lowest BCUT2D eigenvalue weighted by Crippen LogP contribution is -2.47. The Labute approximate surface area is 121 Å². The number of hydrazine groups is 1. The van der Waals surface area contributed by atoms with Gasteiger partial charge in [0.25, 0.3) is 5.91 Å². The zero-order valence-electron chi connectivity index (χ0n) is 11.4. The minimum absolute atomic E-state index is 0.0258. The van der Waals surface area contributed by atoms with Crippen molar-refractivity contribution in [2.45, 2.75) is 6.54 Å². The van der Waals surface area contributed by atoms with E-state index in [2.05, 4.69) is 10.7 Å². The number of hydrogen-bond donors (Lipinski definition) is 3. The monoisotopic (exact) mass is 288 g/mol. The number of nitrogens with zero attached hydrogens (tertiary/aromatic N) is 1. The van der Waals surface area contributed by atoms with Crippen molar-refractivity contribution in [2.75, 3.05) is 19.6 Å². The summed E-state index contributed by atoms with van der Waals surface area (Å²) in [5.74, 6) is 5.36. The average Bonchev–Trinajstić information content (AvgIpc) is 2.84. The van der Waals surface area contributed by atoms with E-state index >= 15 is 0 Å². The highest BCUT2D eigenvalue weighted by Gasteiger charge is 2.24. The summed E-state index contributed by atoms with van der Waals surface area (Å²) in [6.45, 7) is 2.00. The molecule has 2 aromatic rings. The normalized spacial score (nSPS) is 16.0. The fraction of sp³-hybridized carbons (Fsp3) is 0.286. The lowest BCUT2D eigenvalue weighted by molar-refractivity contribution is -0.124. The molecule has 4 N–H and O–H groups in total. The Balaban J connectivity index is 1.97. The van der Waals surface area contributed by atoms with E-state index in [9.17, 15) is 9.59 Å². The third kappa shape index (κ3) is 2.61. The van der Waals surface area contributed by atoms with Crippen molar-refractivity contribution >= 4 is 22.8 Å². The lowest BCUT2D eigenvalue weighted by atomic mass is 10.1. The number of furan rings is 1. The van der Waals surface area contributed by atoms with Gasteiger partial charge in [-0.15, -0.1) is 0 Å². The second kappa shape index (κ2) is 5.55. The molecule has 21 heavy (non-hydrogen) atoms. The number of benzene rings is 1. The molecule has 0 atom stereocenters. The van der Waals surface area contributed by atoms with E-state index in [0.717, 1.165) is 5.39 Å². The van der Waals surface area contributed by atoms with Crippen LogP contribution in [0.3, 0.4) is 0 Å². The van der Waals surface area contributed by atoms with Gasteiger partial charge in [-0.25, -0.2) is 5.84 Å². The van der Waals surface area contributed by atoms with Gasteiger partial charge in [0.15, 0.2) is 0 Å². The molecule has 0 spiro atoms. The maximum atomic E-state index is 12.0. The second-order valence-corrected chi connectivity index (χ2v) is 4.93. The van der Waals surface area contributed by atoms with Crippen LogP contribution in [-0.2, 0) is 11.3 Å². The predicted octanol–water partition coefficient (Wildman–Crippen LogP) is -0.0319. The zero-order chi connectivity index (χ0) is 14.8. The number of fused-ring (bicyclic) bond motifs is 1. The Bertz CT molecular complexity index is 695. The van der Waals surface area contributed by atoms with Crippen LogP contribution in [0.5, 0.6) is 0 Å². The molecule has 7 heteroatoms. The fourth-order valence-electron chi connectivity index (χ4n) is 2.56. The van der Waals surface area contributed by atoms with Gasteiger partial charge in [0.05, 0.1) is 18.7 Å². The molecule has 0 bridgehead atoms. The maximum absolute atomic E-state index is 12.0. The topological polar surface area (TPSA) is 101 Å². The van der Waals surface area contributed by atoms with Gasteiger partial charge in [-0.1, -0.05) is 18.2 Å². The molecular weight excluding hydrogens is 272 g/mol. The van der Waals surface area contributed by atoms with Crippen molar-refractivity contribution in [2.24, 2.45) is 5.84 Å². The molecule has 1 aromatic carbocycles. The molecule has 1 aliphatic heterocycles. The first-order valence-corrected chi connectivity index (χ1v) is 6.69. The number of rotatable bonds is 3. The Hall–Kier alpha value is -2.38. The molecule has 1 saturated heterocycles. The largest absolute Gasteiger partial charge is 0.459 e. The van der Waals surface area contributed by atoms with Crippen LogP contribution in [0.15, 0.2) is 28.7 Å². The highest BCUT2D eigenvalue weighted by molar-refractivity contribution is 6.07. The predicted molar refractivity (Wildman–Crippen MR) is 76.2 cm³/mol. The van der Waals surface area contributed by atoms with Gasteiger partial charge in [-0.3, -0.25) is 19.9 Å². The number of carbonyl (C=O) groups excluding carboxylic acids is 2. The van der Waals surface area contributed by atoms with Crippen molar-refractivity contribution in [1.82, 2.24) is 15.6 Å². The van der Waals surface area contributed by atoms with E-state index in [0.29, 0.717) is 43.1 Å². The molecular formula is C14H16N4O3. The van der Waals surface area contributed by atoms with Crippen LogP contribution in [-0.4, -0.2) is 36.3 Å². The van der Waals surface area contributed by atoms with E-state index in [1.165, 1.54) is 0 Å². The molecule has 2 heterocycles. The molecule has 2 amide bonds. The van der Waals surface area contributed by atoms with Crippen LogP contribution < -0.4 is 16.6 Å². The summed E-state index contributed by atoms with van der Waals surface area (Å²) < 4.78 is 5.77. The summed E-state index contributed by atoms with van der Waals surface area (Å²) in [5.41, 5.74) is 3.21. The van der Waals surface area contributed by atoms with Gasteiger partial charge >= 0.3 is 0 Å². The quantitative estimate of drug-likeness (QED) is 0.418. The number of nitrogen functional groups attached to an aromatic ring is 1. The SMILES string of the molecule is NNC(=O)c1c(CN2CCNC(=O)C2)oc2ccccc12. The van der Waals surface area contributed by atoms with Gasteiger partial charge < -0.3 is 9.73 Å². The zero-order valence-corrected chi connectivity index (χ0v) is 11.4. The molecule has 0 saturated carbocycles. The molecule has 3 rings (SSSR count). The van der Waals surface area contributed by atoms with Crippen LogP contribution >= 0.6 is 0 Å². The number of nitrogens with one attached hydrogen (secondary N) is 2. The smallest absolute Gasteiger partial charge is 0.269 e. The first-order chi connectivity index (χ1) is 10.2. The molecule has 1 fully saturated rings. The van der Waals surface area contributed by atoms with Gasteiger partial charge in [-0.2, -0.15) is 0 Å². The Kier molecular flexibility index (Phi) is 3.59. The lowest BCUT2D eigenvalue weighted by Gasteiger charge is -2.25. The highest BCUT2D eigenvalue weighted by atomic mass is 16.3. The minimum atomic E-state index is -0.392. The summed E-state index contributed by atoms with van der Waals surface area (Å²) in [6, 6.07) is 7.29. The van der Waals surface area contributed by atoms with E-state index in [-0.39, 0.29) is 5.91 Å². The van der Waals surface area contributed by atoms with Crippen LogP contribution in [0.25, 0.3) is 11.0 Å². The van der Waals surface area contributed by atoms with Crippen LogP contribution in [0.4, 0.5) is 0 Å². The van der Waals surface area contributed by atoms with Crippen molar-refractivity contribution in [3.63, 3.8) is 0 Å². The first kappa shape index (κ1) is 13.6. The van der Waals surface area contributed by atoms with E-state index in [4.69, 9.17) is 10.3 Å². The van der Waals surface area contributed by atoms with Crippen molar-refractivity contribution < 1.29 is 14.0 Å². The van der Waals surface area contributed by atoms with E-state index in [1.807, 2.05) is 23.1 Å². The summed E-state index contributed by atoms with van der Waals surface area (Å²) in [7, 11) is 0. The summed E-state index contributed by atoms with van der Waals surface area (Å²) in [6.07, 6.45) is 0. The van der Waals surface area contributed by atoms with Gasteiger partial charge in [-0.05, 0) is 6.07 Å². The molecule has 1 aromatic heterocycles. The van der Waals surface area contributed by atoms with Crippen molar-refractivity contribution in [3.05, 3.63) is 35.6 Å². The first-order valence-electron chi connectivity index (χ1n) is 6.69. The molecule has 0 radical (unpaired) electrons. The van der Waals surface area contributed by atoms with Crippen molar-refractivity contribution in [1.29, 1.82) is 0 Å². The van der Waals surface area contributed by atoms with Gasteiger partial charge in [0, 0.05) is 18.5 Å². The molecule has 110 valence electrons. The van der Waals surface area contributed by atoms with E-state index in [1.54, 1.807) is 6.07 Å². The number of carbonyl (C=O) groups is 2. The average molecular weight is 288 g/mol. The van der Waals surface area contributed by atoms with Gasteiger partial charge in [0.1, 0.15) is 11.3 Å². The standard InChI is InChI=1S/C14H16N4O3/c15-17-14(20)13-9-3-1-2-4-10(9)21-11(13)7-18-6-5-16-12(19)8-18/h1-4H,5-8,15H2,(H,16,19)(H,17,20). The fourth-order valence-corrected chi connectivity index (χ4v) is 2.56. The third-order valence-corrected chi connectivity index (χ3v) is 3.51. The minimum Gasteiger partial charge on any atom is -0.459 e. The maximum Gasteiger partial charge on any atom is 0.269 e. The molecule has 7 nitrogen and oxygen atoms in total. The molecule has 0 aliphatic carbocycles. The van der Waals surface area contributed by atoms with Crippen molar-refractivity contribution in [3.8, 4) is 0 Å². The number of piperazine rings is 1. The number of amides is 2. The Morgan fingerprint density at radius 2 is 2.24 bits per heavy atom. The van der Waals surface area contributed by atoms with E-state index < -0.39 is 5.91 Å². The number of para-hydroxylation sites is 1. The third-order valence-electron chi connectivity index (χ3n) is 3.51. The summed E-state index contributed by atoms with van der Waals surface area (Å²) >= 11 is 0. The van der Waals surface area contributed by atoms with Crippen LogP contribution in [0, 0.1) is 0 Å². The number of nitrogens with two attached hydrogens (primary N) is 1. The Morgan fingerprint density at radius 1 is 1.43 bits per heavy atom. The number of hydrogen-bond acceptors (Lipinski definition) is 5. The van der Waals surface area contributed by atoms with Crippen LogP contribution in [0.1, 0.15) is 16.1 Å². The Morgan fingerprint density at radius 3 is 3.00 bits per heavy atom.